The van der Waals surface area contributed by atoms with Crippen molar-refractivity contribution in [1.29, 1.82) is 0 Å². The van der Waals surface area contributed by atoms with Crippen LogP contribution in [0.3, 0.4) is 0 Å². The maximum absolute atomic E-state index is 11.0. The number of rotatable bonds is 6. The summed E-state index contributed by atoms with van der Waals surface area (Å²) < 4.78 is 0. The van der Waals surface area contributed by atoms with Gasteiger partial charge >= 0.3 is 0 Å². The van der Waals surface area contributed by atoms with Crippen LogP contribution in [0.2, 0.25) is 5.02 Å². The van der Waals surface area contributed by atoms with Crippen LogP contribution in [0, 0.1) is 15.5 Å². The number of halogens is 1. The zero-order chi connectivity index (χ0) is 15.3. The van der Waals surface area contributed by atoms with Crippen molar-refractivity contribution in [3.63, 3.8) is 0 Å². The van der Waals surface area contributed by atoms with Crippen LogP contribution in [-0.4, -0.2) is 17.5 Å². The molecule has 0 aliphatic heterocycles. The summed E-state index contributed by atoms with van der Waals surface area (Å²) in [6, 6.07) is 5.06. The summed E-state index contributed by atoms with van der Waals surface area (Å²) in [5.41, 5.74) is 0.969. The van der Waals surface area contributed by atoms with Gasteiger partial charge in [0.05, 0.1) is 4.92 Å². The molecule has 1 aromatic rings. The van der Waals surface area contributed by atoms with Crippen LogP contribution in [0.5, 0.6) is 0 Å². The van der Waals surface area contributed by atoms with Crippen molar-refractivity contribution in [1.82, 2.24) is 5.32 Å². The highest BCUT2D eigenvalue weighted by molar-refractivity contribution is 6.30. The molecule has 5 heteroatoms. The number of nitrogens with one attached hydrogen (secondary N) is 1. The molecule has 0 aliphatic rings. The second kappa shape index (κ2) is 7.04. The van der Waals surface area contributed by atoms with Gasteiger partial charge in [-0.2, -0.15) is 0 Å². The number of hydrogen-bond donors (Lipinski definition) is 1. The van der Waals surface area contributed by atoms with Crippen LogP contribution in [0.1, 0.15) is 39.7 Å². The quantitative estimate of drug-likeness (QED) is 0.632. The van der Waals surface area contributed by atoms with Crippen LogP contribution >= 0.6 is 11.6 Å². The molecule has 1 aromatic carbocycles. The highest BCUT2D eigenvalue weighted by Crippen LogP contribution is 2.27. The molecular weight excluding hydrogens is 276 g/mol. The zero-order valence-corrected chi connectivity index (χ0v) is 13.3. The lowest BCUT2D eigenvalue weighted by atomic mass is 9.83. The van der Waals surface area contributed by atoms with Crippen molar-refractivity contribution in [3.05, 3.63) is 38.9 Å². The molecule has 0 aliphatic carbocycles. The second-order valence-electron chi connectivity index (χ2n) is 6.05. The second-order valence-corrected chi connectivity index (χ2v) is 6.48. The van der Waals surface area contributed by atoms with E-state index in [0.29, 0.717) is 23.0 Å². The van der Waals surface area contributed by atoms with Gasteiger partial charge < -0.3 is 5.32 Å². The van der Waals surface area contributed by atoms with Crippen LogP contribution in [-0.2, 0) is 6.42 Å². The monoisotopic (exact) mass is 298 g/mol. The number of hydrogen-bond acceptors (Lipinski definition) is 3. The minimum atomic E-state index is -0.342. The molecule has 0 amide bonds. The predicted molar refractivity (Wildman–Crippen MR) is 83.3 cm³/mol. The summed E-state index contributed by atoms with van der Waals surface area (Å²) in [5, 5.41) is 15.0. The molecule has 0 spiro atoms. The van der Waals surface area contributed by atoms with Crippen molar-refractivity contribution in [2.45, 2.75) is 46.6 Å². The van der Waals surface area contributed by atoms with Gasteiger partial charge in [0.15, 0.2) is 0 Å². The summed E-state index contributed by atoms with van der Waals surface area (Å²) in [6.07, 6.45) is 1.49. The minimum absolute atomic E-state index is 0.114. The molecule has 0 fully saturated rings. The summed E-state index contributed by atoms with van der Waals surface area (Å²) in [7, 11) is 0. The molecule has 20 heavy (non-hydrogen) atoms. The molecule has 0 bridgehead atoms. The molecule has 1 atom stereocenters. The van der Waals surface area contributed by atoms with Gasteiger partial charge in [-0.05, 0) is 36.9 Å². The van der Waals surface area contributed by atoms with Crippen LogP contribution in [0.4, 0.5) is 5.69 Å². The molecule has 1 rings (SSSR count). The first-order valence-electron chi connectivity index (χ1n) is 6.92. The first-order valence-corrected chi connectivity index (χ1v) is 7.29. The maximum Gasteiger partial charge on any atom is 0.272 e. The predicted octanol–water partition coefficient (Wildman–Crippen LogP) is 4.21. The van der Waals surface area contributed by atoms with E-state index in [9.17, 15) is 10.1 Å². The number of nitro benzene ring substituents is 1. The number of benzene rings is 1. The van der Waals surface area contributed by atoms with E-state index < -0.39 is 0 Å². The Morgan fingerprint density at radius 3 is 2.55 bits per heavy atom. The van der Waals surface area contributed by atoms with Gasteiger partial charge in [-0.3, -0.25) is 10.1 Å². The maximum atomic E-state index is 11.0. The van der Waals surface area contributed by atoms with Crippen molar-refractivity contribution in [2.75, 3.05) is 6.54 Å². The minimum Gasteiger partial charge on any atom is -0.314 e. The average Bonchev–Trinajstić information content (AvgIpc) is 2.32. The number of nitrogens with zero attached hydrogens (tertiary/aromatic N) is 1. The summed E-state index contributed by atoms with van der Waals surface area (Å²) in [5.74, 6) is 0. The Bertz CT molecular complexity index is 469. The van der Waals surface area contributed by atoms with Crippen molar-refractivity contribution >= 4 is 17.3 Å². The van der Waals surface area contributed by atoms with Crippen molar-refractivity contribution in [3.8, 4) is 0 Å². The molecule has 0 radical (unpaired) electrons. The van der Waals surface area contributed by atoms with E-state index in [4.69, 9.17) is 11.6 Å². The third-order valence-electron chi connectivity index (χ3n) is 3.44. The molecular formula is C15H23ClN2O2. The van der Waals surface area contributed by atoms with Gasteiger partial charge in [0.2, 0.25) is 0 Å². The fourth-order valence-corrected chi connectivity index (χ4v) is 2.51. The third-order valence-corrected chi connectivity index (χ3v) is 3.67. The van der Waals surface area contributed by atoms with Crippen LogP contribution in [0.15, 0.2) is 18.2 Å². The molecule has 1 unspecified atom stereocenters. The fraction of sp³-hybridized carbons (Fsp3) is 0.600. The fourth-order valence-electron chi connectivity index (χ4n) is 2.32. The Morgan fingerprint density at radius 2 is 2.05 bits per heavy atom. The van der Waals surface area contributed by atoms with E-state index in [2.05, 4.69) is 33.0 Å². The Hall–Kier alpha value is -1.13. The van der Waals surface area contributed by atoms with E-state index in [1.807, 2.05) is 0 Å². The van der Waals surface area contributed by atoms with Crippen LogP contribution in [0.25, 0.3) is 0 Å². The van der Waals surface area contributed by atoms with E-state index >= 15 is 0 Å². The number of aryl methyl sites for hydroxylation is 1. The lowest BCUT2D eigenvalue weighted by Gasteiger charge is -2.31. The van der Waals surface area contributed by atoms with Crippen LogP contribution < -0.4 is 5.32 Å². The number of nitro groups is 1. The Kier molecular flexibility index (Phi) is 5.96. The highest BCUT2D eigenvalue weighted by Gasteiger charge is 2.24. The Labute approximate surface area is 125 Å². The van der Waals surface area contributed by atoms with Crippen molar-refractivity contribution < 1.29 is 4.92 Å². The third kappa shape index (κ3) is 4.76. The van der Waals surface area contributed by atoms with Gasteiger partial charge in [0.1, 0.15) is 0 Å². The Morgan fingerprint density at radius 1 is 1.40 bits per heavy atom. The summed E-state index contributed by atoms with van der Waals surface area (Å²) in [6.45, 7) is 9.48. The first-order chi connectivity index (χ1) is 9.25. The lowest BCUT2D eigenvalue weighted by molar-refractivity contribution is -0.385. The molecule has 4 nitrogen and oxygen atoms in total. The summed E-state index contributed by atoms with van der Waals surface area (Å²) in [4.78, 5) is 10.7. The van der Waals surface area contributed by atoms with Gasteiger partial charge in [-0.1, -0.05) is 39.3 Å². The standard InChI is InChI=1S/C15H23ClN2O2/c1-5-17-14(15(2,3)4)9-6-11-10-12(16)7-8-13(11)18(19)20/h7-8,10,14,17H,5-6,9H2,1-4H3. The van der Waals surface area contributed by atoms with Gasteiger partial charge in [-0.25, -0.2) is 0 Å². The van der Waals surface area contributed by atoms with Gasteiger partial charge in [0, 0.05) is 22.7 Å². The molecule has 0 heterocycles. The van der Waals surface area contributed by atoms with E-state index in [0.717, 1.165) is 13.0 Å². The normalized spacial score (nSPS) is 13.2. The molecule has 112 valence electrons. The van der Waals surface area contributed by atoms with Gasteiger partial charge in [0.25, 0.3) is 5.69 Å². The molecule has 0 saturated carbocycles. The molecule has 1 N–H and O–H groups in total. The van der Waals surface area contributed by atoms with Crippen molar-refractivity contribution in [2.24, 2.45) is 5.41 Å². The Balaban J connectivity index is 2.87. The summed E-state index contributed by atoms with van der Waals surface area (Å²) >= 11 is 5.95. The zero-order valence-electron chi connectivity index (χ0n) is 12.6. The largest absolute Gasteiger partial charge is 0.314 e. The molecule has 0 aromatic heterocycles. The first kappa shape index (κ1) is 16.9. The SMILES string of the molecule is CCNC(CCc1cc(Cl)ccc1[N+](=O)[O-])C(C)(C)C. The average molecular weight is 299 g/mol. The van der Waals surface area contributed by atoms with Gasteiger partial charge in [-0.15, -0.1) is 0 Å². The van der Waals surface area contributed by atoms with E-state index in [1.165, 1.54) is 6.07 Å². The highest BCUT2D eigenvalue weighted by atomic mass is 35.5. The van der Waals surface area contributed by atoms with E-state index in [1.54, 1.807) is 12.1 Å². The topological polar surface area (TPSA) is 55.2 Å². The molecule has 0 saturated heterocycles. The smallest absolute Gasteiger partial charge is 0.272 e. The lowest BCUT2D eigenvalue weighted by Crippen LogP contribution is -2.40. The van der Waals surface area contributed by atoms with E-state index in [-0.39, 0.29) is 16.0 Å².